The minimum atomic E-state index is 0.647. The Bertz CT molecular complexity index is 419. The fraction of sp³-hybridized carbons (Fsp3) is 0.412. The molecule has 0 saturated heterocycles. The molecule has 0 fully saturated rings. The normalized spacial score (nSPS) is 25.7. The number of hydrogen-bond donors (Lipinski definition) is 0. The molecule has 98 valence electrons. The maximum absolute atomic E-state index is 2.35. The number of rotatable bonds is 4. The lowest BCUT2D eigenvalue weighted by atomic mass is 9.92. The SMILES string of the molecule is C\C=C(C)/C(C)=C\C=C\SC1=CC(C)C(C)C=C1. The van der Waals surface area contributed by atoms with Gasteiger partial charge in [-0.1, -0.05) is 67.6 Å². The summed E-state index contributed by atoms with van der Waals surface area (Å²) < 4.78 is 0. The molecule has 0 amide bonds. The summed E-state index contributed by atoms with van der Waals surface area (Å²) in [4.78, 5) is 1.35. The molecule has 2 atom stereocenters. The summed E-state index contributed by atoms with van der Waals surface area (Å²) in [5, 5.41) is 2.16. The molecule has 0 aromatic heterocycles. The van der Waals surface area contributed by atoms with Crippen molar-refractivity contribution in [2.45, 2.75) is 34.6 Å². The molecule has 1 heteroatoms. The molecule has 1 aliphatic rings. The third-order valence-electron chi connectivity index (χ3n) is 3.50. The zero-order chi connectivity index (χ0) is 13.5. The highest BCUT2D eigenvalue weighted by atomic mass is 32.2. The fourth-order valence-electron chi connectivity index (χ4n) is 1.63. The minimum absolute atomic E-state index is 0.647. The van der Waals surface area contributed by atoms with E-state index in [0.29, 0.717) is 11.8 Å². The van der Waals surface area contributed by atoms with Crippen LogP contribution in [0.15, 0.2) is 57.9 Å². The van der Waals surface area contributed by atoms with Crippen molar-refractivity contribution in [2.24, 2.45) is 11.8 Å². The van der Waals surface area contributed by atoms with Crippen LogP contribution >= 0.6 is 11.8 Å². The lowest BCUT2D eigenvalue weighted by molar-refractivity contribution is 0.551. The Hall–Kier alpha value is -0.950. The van der Waals surface area contributed by atoms with Gasteiger partial charge in [-0.3, -0.25) is 0 Å². The molecule has 1 aliphatic carbocycles. The first-order chi connectivity index (χ1) is 8.54. The first-order valence-electron chi connectivity index (χ1n) is 6.58. The summed E-state index contributed by atoms with van der Waals surface area (Å²) in [6.45, 7) is 10.9. The maximum Gasteiger partial charge on any atom is 0.00757 e. The van der Waals surface area contributed by atoms with Crippen molar-refractivity contribution in [1.82, 2.24) is 0 Å². The molecule has 0 spiro atoms. The highest BCUT2D eigenvalue weighted by molar-refractivity contribution is 8.06. The summed E-state index contributed by atoms with van der Waals surface area (Å²) in [6.07, 6.45) is 13.3. The fourth-order valence-corrected chi connectivity index (χ4v) is 2.39. The van der Waals surface area contributed by atoms with Crippen molar-refractivity contribution >= 4 is 11.8 Å². The molecule has 0 heterocycles. The van der Waals surface area contributed by atoms with Gasteiger partial charge in [0.05, 0.1) is 0 Å². The smallest absolute Gasteiger partial charge is 0.00757 e. The van der Waals surface area contributed by atoms with E-state index in [1.807, 2.05) is 0 Å². The average molecular weight is 260 g/mol. The van der Waals surface area contributed by atoms with Gasteiger partial charge in [-0.25, -0.2) is 0 Å². The highest BCUT2D eigenvalue weighted by Crippen LogP contribution is 2.29. The number of allylic oxidation sites excluding steroid dienone is 8. The molecule has 0 nitrogen and oxygen atoms in total. The van der Waals surface area contributed by atoms with Crippen LogP contribution in [0.25, 0.3) is 0 Å². The van der Waals surface area contributed by atoms with E-state index in [4.69, 9.17) is 0 Å². The van der Waals surface area contributed by atoms with Crippen LogP contribution in [0.4, 0.5) is 0 Å². The van der Waals surface area contributed by atoms with Crippen LogP contribution in [0.1, 0.15) is 34.6 Å². The second-order valence-corrected chi connectivity index (χ2v) is 5.89. The summed E-state index contributed by atoms with van der Waals surface area (Å²) in [6, 6.07) is 0. The molecular formula is C17H24S. The van der Waals surface area contributed by atoms with Gasteiger partial charge in [0.1, 0.15) is 0 Å². The van der Waals surface area contributed by atoms with Gasteiger partial charge in [-0.15, -0.1) is 0 Å². The zero-order valence-corrected chi connectivity index (χ0v) is 12.9. The minimum Gasteiger partial charge on any atom is -0.0984 e. The van der Waals surface area contributed by atoms with Crippen LogP contribution in [-0.2, 0) is 0 Å². The lowest BCUT2D eigenvalue weighted by Gasteiger charge is -2.17. The molecule has 0 aromatic rings. The molecule has 0 aliphatic heterocycles. The standard InChI is InChI=1S/C17H24S/c1-6-13(2)14(3)8-7-11-18-17-10-9-15(4)16(5)12-17/h6-12,15-16H,1-5H3/b11-7+,13-6-,14-8-. The third-order valence-corrected chi connectivity index (χ3v) is 4.34. The van der Waals surface area contributed by atoms with Gasteiger partial charge in [0, 0.05) is 4.91 Å². The molecule has 0 saturated carbocycles. The summed E-state index contributed by atoms with van der Waals surface area (Å²) in [5.41, 5.74) is 2.66. The number of thioether (sulfide) groups is 1. The van der Waals surface area contributed by atoms with E-state index < -0.39 is 0 Å². The Morgan fingerprint density at radius 3 is 2.50 bits per heavy atom. The Morgan fingerprint density at radius 2 is 1.89 bits per heavy atom. The lowest BCUT2D eigenvalue weighted by Crippen LogP contribution is -2.05. The van der Waals surface area contributed by atoms with Crippen molar-refractivity contribution in [2.75, 3.05) is 0 Å². The molecule has 1 rings (SSSR count). The van der Waals surface area contributed by atoms with Gasteiger partial charge in [0.25, 0.3) is 0 Å². The molecule has 0 bridgehead atoms. The predicted molar refractivity (Wildman–Crippen MR) is 85.5 cm³/mol. The van der Waals surface area contributed by atoms with Gasteiger partial charge >= 0.3 is 0 Å². The van der Waals surface area contributed by atoms with E-state index in [-0.39, 0.29) is 0 Å². The van der Waals surface area contributed by atoms with Crippen molar-refractivity contribution in [3.8, 4) is 0 Å². The molecular weight excluding hydrogens is 236 g/mol. The number of hydrogen-bond acceptors (Lipinski definition) is 1. The second-order valence-electron chi connectivity index (χ2n) is 4.91. The van der Waals surface area contributed by atoms with Gasteiger partial charge in [-0.05, 0) is 43.6 Å². The molecule has 0 radical (unpaired) electrons. The van der Waals surface area contributed by atoms with Gasteiger partial charge in [0.2, 0.25) is 0 Å². The predicted octanol–water partition coefficient (Wildman–Crippen LogP) is 5.87. The van der Waals surface area contributed by atoms with E-state index in [1.165, 1.54) is 16.1 Å². The summed E-state index contributed by atoms with van der Waals surface area (Å²) in [7, 11) is 0. The Labute approximate surface area is 116 Å². The zero-order valence-electron chi connectivity index (χ0n) is 12.1. The Kier molecular flexibility index (Phi) is 6.28. The van der Waals surface area contributed by atoms with Gasteiger partial charge in [-0.2, -0.15) is 0 Å². The topological polar surface area (TPSA) is 0 Å². The second kappa shape index (κ2) is 7.48. The average Bonchev–Trinajstić information content (AvgIpc) is 2.37. The molecule has 2 unspecified atom stereocenters. The molecule has 0 aromatic carbocycles. The van der Waals surface area contributed by atoms with Crippen LogP contribution in [0.3, 0.4) is 0 Å². The molecule has 0 N–H and O–H groups in total. The van der Waals surface area contributed by atoms with Crippen molar-refractivity contribution in [3.05, 3.63) is 57.9 Å². The molecule has 18 heavy (non-hydrogen) atoms. The quantitative estimate of drug-likeness (QED) is 0.569. The highest BCUT2D eigenvalue weighted by Gasteiger charge is 2.11. The van der Waals surface area contributed by atoms with E-state index in [0.717, 1.165) is 0 Å². The largest absolute Gasteiger partial charge is 0.0984 e. The van der Waals surface area contributed by atoms with E-state index in [2.05, 4.69) is 76.5 Å². The maximum atomic E-state index is 2.35. The van der Waals surface area contributed by atoms with Crippen molar-refractivity contribution in [1.29, 1.82) is 0 Å². The van der Waals surface area contributed by atoms with Crippen molar-refractivity contribution < 1.29 is 0 Å². The Balaban J connectivity index is 2.52. The Morgan fingerprint density at radius 1 is 1.17 bits per heavy atom. The van der Waals surface area contributed by atoms with Gasteiger partial charge < -0.3 is 0 Å². The van der Waals surface area contributed by atoms with Crippen LogP contribution in [0, 0.1) is 11.8 Å². The summed E-state index contributed by atoms with van der Waals surface area (Å²) in [5.74, 6) is 1.31. The summed E-state index contributed by atoms with van der Waals surface area (Å²) >= 11 is 1.79. The van der Waals surface area contributed by atoms with Crippen molar-refractivity contribution in [3.63, 3.8) is 0 Å². The van der Waals surface area contributed by atoms with E-state index >= 15 is 0 Å². The third kappa shape index (κ3) is 4.73. The first-order valence-corrected chi connectivity index (χ1v) is 7.46. The monoisotopic (exact) mass is 260 g/mol. The van der Waals surface area contributed by atoms with Crippen LogP contribution in [-0.4, -0.2) is 0 Å². The van der Waals surface area contributed by atoms with Crippen LogP contribution in [0.2, 0.25) is 0 Å². The van der Waals surface area contributed by atoms with Crippen LogP contribution in [0.5, 0.6) is 0 Å². The van der Waals surface area contributed by atoms with E-state index in [9.17, 15) is 0 Å². The van der Waals surface area contributed by atoms with E-state index in [1.54, 1.807) is 11.8 Å². The first kappa shape index (κ1) is 15.1. The van der Waals surface area contributed by atoms with Crippen LogP contribution < -0.4 is 0 Å². The van der Waals surface area contributed by atoms with Gasteiger partial charge in [0.15, 0.2) is 0 Å².